The maximum atomic E-state index is 5.74. The molecule has 0 aliphatic rings. The van der Waals surface area contributed by atoms with Gasteiger partial charge >= 0.3 is 0 Å². The summed E-state index contributed by atoms with van der Waals surface area (Å²) in [5, 5.41) is 6.23. The second-order valence-electron chi connectivity index (χ2n) is 5.61. The molecule has 114 valence electrons. The Bertz CT molecular complexity index is 538. The zero-order chi connectivity index (χ0) is 14.9. The van der Waals surface area contributed by atoms with E-state index in [-0.39, 0.29) is 0 Å². The Kier molecular flexibility index (Phi) is 6.71. The predicted octanol–water partition coefficient (Wildman–Crippen LogP) is 4.18. The largest absolute Gasteiger partial charge is 0.380 e. The number of fused-ring (bicyclic) bond motifs is 1. The van der Waals surface area contributed by atoms with Crippen LogP contribution in [-0.4, -0.2) is 25.8 Å². The van der Waals surface area contributed by atoms with Gasteiger partial charge in [0.25, 0.3) is 0 Å². The van der Waals surface area contributed by atoms with E-state index in [0.717, 1.165) is 39.0 Å². The fourth-order valence-electron chi connectivity index (χ4n) is 2.56. The molecule has 0 fully saturated rings. The molecule has 2 rings (SSSR count). The summed E-state index contributed by atoms with van der Waals surface area (Å²) in [7, 11) is 0. The van der Waals surface area contributed by atoms with Crippen LogP contribution in [0.15, 0.2) is 42.5 Å². The Balaban J connectivity index is 2.01. The van der Waals surface area contributed by atoms with E-state index in [2.05, 4.69) is 61.6 Å². The lowest BCUT2D eigenvalue weighted by Gasteiger charge is -2.19. The summed E-state index contributed by atoms with van der Waals surface area (Å²) in [4.78, 5) is 0. The minimum atomic E-state index is 0.401. The zero-order valence-corrected chi connectivity index (χ0v) is 13.3. The number of ether oxygens (including phenoxy) is 1. The van der Waals surface area contributed by atoms with Crippen LogP contribution in [-0.2, 0) is 11.2 Å². The molecule has 2 heteroatoms. The lowest BCUT2D eigenvalue weighted by molar-refractivity contribution is 0.112. The van der Waals surface area contributed by atoms with Crippen LogP contribution in [0.3, 0.4) is 0 Å². The maximum absolute atomic E-state index is 5.74. The minimum absolute atomic E-state index is 0.401. The first-order chi connectivity index (χ1) is 10.3. The van der Waals surface area contributed by atoms with Gasteiger partial charge in [-0.05, 0) is 42.1 Å². The van der Waals surface area contributed by atoms with Crippen molar-refractivity contribution in [1.82, 2.24) is 5.32 Å². The Morgan fingerprint density at radius 3 is 2.57 bits per heavy atom. The molecule has 2 aromatic carbocycles. The number of hydrogen-bond donors (Lipinski definition) is 1. The van der Waals surface area contributed by atoms with Gasteiger partial charge in [-0.15, -0.1) is 0 Å². The molecule has 0 spiro atoms. The number of benzene rings is 2. The molecule has 2 nitrogen and oxygen atoms in total. The van der Waals surface area contributed by atoms with Gasteiger partial charge in [0.15, 0.2) is 0 Å². The molecule has 0 aliphatic carbocycles. The van der Waals surface area contributed by atoms with Gasteiger partial charge in [0, 0.05) is 12.6 Å². The van der Waals surface area contributed by atoms with E-state index >= 15 is 0 Å². The molecule has 0 aromatic heterocycles. The predicted molar refractivity (Wildman–Crippen MR) is 90.8 cm³/mol. The van der Waals surface area contributed by atoms with Crippen molar-refractivity contribution < 1.29 is 4.74 Å². The summed E-state index contributed by atoms with van der Waals surface area (Å²) in [6.45, 7) is 7.04. The van der Waals surface area contributed by atoms with Crippen LogP contribution in [0, 0.1) is 0 Å². The average Bonchev–Trinajstić information content (AvgIpc) is 2.52. The fraction of sp³-hybridized carbons (Fsp3) is 0.474. The Morgan fingerprint density at radius 1 is 1.00 bits per heavy atom. The number of rotatable bonds is 9. The lowest BCUT2D eigenvalue weighted by Crippen LogP contribution is -2.36. The van der Waals surface area contributed by atoms with Crippen LogP contribution in [0.4, 0.5) is 0 Å². The van der Waals surface area contributed by atoms with Crippen molar-refractivity contribution in [3.8, 4) is 0 Å². The standard InChI is InChI=1S/C19H27NO/c1-3-11-20-19(15-21-12-4-2)14-16-9-10-17-7-5-6-8-18(17)13-16/h5-10,13,19-20H,3-4,11-12,14-15H2,1-2H3. The van der Waals surface area contributed by atoms with Crippen LogP contribution < -0.4 is 5.32 Å². The number of hydrogen-bond acceptors (Lipinski definition) is 2. The Morgan fingerprint density at radius 2 is 1.81 bits per heavy atom. The van der Waals surface area contributed by atoms with Crippen molar-refractivity contribution in [2.75, 3.05) is 19.8 Å². The Labute approximate surface area is 128 Å². The number of nitrogens with one attached hydrogen (secondary N) is 1. The van der Waals surface area contributed by atoms with Crippen molar-refractivity contribution in [2.45, 2.75) is 39.2 Å². The summed E-state index contributed by atoms with van der Waals surface area (Å²) in [6, 6.07) is 15.7. The van der Waals surface area contributed by atoms with Gasteiger partial charge in [0.1, 0.15) is 0 Å². The lowest BCUT2D eigenvalue weighted by atomic mass is 10.0. The molecule has 1 unspecified atom stereocenters. The van der Waals surface area contributed by atoms with Crippen molar-refractivity contribution >= 4 is 10.8 Å². The SMILES string of the molecule is CCCNC(COCCC)Cc1ccc2ccccc2c1. The van der Waals surface area contributed by atoms with Crippen LogP contribution in [0.2, 0.25) is 0 Å². The van der Waals surface area contributed by atoms with Crippen molar-refractivity contribution in [1.29, 1.82) is 0 Å². The van der Waals surface area contributed by atoms with Gasteiger partial charge in [0.05, 0.1) is 6.61 Å². The molecular weight excluding hydrogens is 258 g/mol. The quantitative estimate of drug-likeness (QED) is 0.698. The first-order valence-electron chi connectivity index (χ1n) is 8.12. The summed E-state index contributed by atoms with van der Waals surface area (Å²) < 4.78 is 5.74. The van der Waals surface area contributed by atoms with Gasteiger partial charge in [-0.25, -0.2) is 0 Å². The van der Waals surface area contributed by atoms with E-state index in [1.54, 1.807) is 0 Å². The first-order valence-corrected chi connectivity index (χ1v) is 8.12. The topological polar surface area (TPSA) is 21.3 Å². The van der Waals surface area contributed by atoms with Crippen molar-refractivity contribution in [2.24, 2.45) is 0 Å². The van der Waals surface area contributed by atoms with Crippen LogP contribution in [0.25, 0.3) is 10.8 Å². The zero-order valence-electron chi connectivity index (χ0n) is 13.3. The summed E-state index contributed by atoms with van der Waals surface area (Å²) in [5.74, 6) is 0. The molecule has 0 saturated carbocycles. The molecular formula is C19H27NO. The Hall–Kier alpha value is -1.38. The van der Waals surface area contributed by atoms with Gasteiger partial charge in [-0.3, -0.25) is 0 Å². The van der Waals surface area contributed by atoms with Gasteiger partial charge in [-0.1, -0.05) is 56.3 Å². The third kappa shape index (κ3) is 5.14. The first kappa shape index (κ1) is 16.0. The van der Waals surface area contributed by atoms with E-state index in [4.69, 9.17) is 4.74 Å². The summed E-state index contributed by atoms with van der Waals surface area (Å²) >= 11 is 0. The highest BCUT2D eigenvalue weighted by Crippen LogP contribution is 2.16. The van der Waals surface area contributed by atoms with E-state index in [1.165, 1.54) is 16.3 Å². The fourth-order valence-corrected chi connectivity index (χ4v) is 2.56. The minimum Gasteiger partial charge on any atom is -0.380 e. The van der Waals surface area contributed by atoms with E-state index < -0.39 is 0 Å². The third-order valence-corrected chi connectivity index (χ3v) is 3.65. The second-order valence-corrected chi connectivity index (χ2v) is 5.61. The molecule has 0 bridgehead atoms. The monoisotopic (exact) mass is 285 g/mol. The highest BCUT2D eigenvalue weighted by Gasteiger charge is 2.09. The van der Waals surface area contributed by atoms with E-state index in [0.29, 0.717) is 6.04 Å². The molecule has 2 aromatic rings. The molecule has 0 aliphatic heterocycles. The van der Waals surface area contributed by atoms with E-state index in [9.17, 15) is 0 Å². The normalized spacial score (nSPS) is 12.7. The van der Waals surface area contributed by atoms with Crippen molar-refractivity contribution in [3.63, 3.8) is 0 Å². The van der Waals surface area contributed by atoms with Gasteiger partial charge in [-0.2, -0.15) is 0 Å². The molecule has 0 amide bonds. The highest BCUT2D eigenvalue weighted by atomic mass is 16.5. The van der Waals surface area contributed by atoms with Gasteiger partial charge < -0.3 is 10.1 Å². The molecule has 0 radical (unpaired) electrons. The molecule has 21 heavy (non-hydrogen) atoms. The van der Waals surface area contributed by atoms with Crippen LogP contribution in [0.1, 0.15) is 32.3 Å². The smallest absolute Gasteiger partial charge is 0.0622 e. The van der Waals surface area contributed by atoms with Crippen LogP contribution in [0.5, 0.6) is 0 Å². The molecule has 1 atom stereocenters. The highest BCUT2D eigenvalue weighted by molar-refractivity contribution is 5.82. The average molecular weight is 285 g/mol. The van der Waals surface area contributed by atoms with Gasteiger partial charge in [0.2, 0.25) is 0 Å². The second kappa shape index (κ2) is 8.81. The molecule has 0 heterocycles. The van der Waals surface area contributed by atoms with Crippen LogP contribution >= 0.6 is 0 Å². The summed E-state index contributed by atoms with van der Waals surface area (Å²) in [5.41, 5.74) is 1.38. The molecule has 0 saturated heterocycles. The van der Waals surface area contributed by atoms with Crippen molar-refractivity contribution in [3.05, 3.63) is 48.0 Å². The van der Waals surface area contributed by atoms with E-state index in [1.807, 2.05) is 0 Å². The maximum Gasteiger partial charge on any atom is 0.0622 e. The summed E-state index contributed by atoms with van der Waals surface area (Å²) in [6.07, 6.45) is 3.26. The molecule has 1 N–H and O–H groups in total. The third-order valence-electron chi connectivity index (χ3n) is 3.65.